The number of carbonyl (C=O) groups excluding carboxylic acids is 1. The molecule has 0 saturated carbocycles. The first-order valence-corrected chi connectivity index (χ1v) is 5.95. The smallest absolute Gasteiger partial charge is 0.416 e. The van der Waals surface area contributed by atoms with Gasteiger partial charge in [0.15, 0.2) is 5.78 Å². The maximum Gasteiger partial charge on any atom is 0.416 e. The molecule has 1 fully saturated rings. The predicted molar refractivity (Wildman–Crippen MR) is 63.5 cm³/mol. The lowest BCUT2D eigenvalue weighted by Crippen LogP contribution is -2.49. The SMILES string of the molecule is O=C(CC1CN(C(=O)O)C1)c1ccc(C(F)(F)F)cc1. The van der Waals surface area contributed by atoms with Crippen LogP contribution < -0.4 is 0 Å². The Bertz CT molecular complexity index is 519. The lowest BCUT2D eigenvalue weighted by molar-refractivity contribution is -0.137. The predicted octanol–water partition coefficient (Wildman–Crippen LogP) is 2.89. The van der Waals surface area contributed by atoms with Crippen molar-refractivity contribution in [2.45, 2.75) is 12.6 Å². The Morgan fingerprint density at radius 2 is 1.75 bits per heavy atom. The van der Waals surface area contributed by atoms with E-state index in [1.54, 1.807) is 0 Å². The van der Waals surface area contributed by atoms with Crippen molar-refractivity contribution in [1.82, 2.24) is 4.90 Å². The second-order valence-electron chi connectivity index (χ2n) is 4.76. The zero-order chi connectivity index (χ0) is 14.9. The standard InChI is InChI=1S/C13H12F3NO3/c14-13(15,16)10-3-1-9(2-4-10)11(18)5-8-6-17(7-8)12(19)20/h1-4,8H,5-7H2,(H,19,20). The molecule has 0 bridgehead atoms. The van der Waals surface area contributed by atoms with Crippen LogP contribution >= 0.6 is 0 Å². The highest BCUT2D eigenvalue weighted by atomic mass is 19.4. The van der Waals surface area contributed by atoms with Crippen LogP contribution in [0.3, 0.4) is 0 Å². The molecule has 108 valence electrons. The van der Waals surface area contributed by atoms with Gasteiger partial charge in [0, 0.05) is 31.0 Å². The Labute approximate surface area is 112 Å². The number of likely N-dealkylation sites (tertiary alicyclic amines) is 1. The van der Waals surface area contributed by atoms with Gasteiger partial charge in [-0.05, 0) is 12.1 Å². The molecule has 0 aromatic heterocycles. The van der Waals surface area contributed by atoms with Crippen LogP contribution in [-0.4, -0.2) is 35.0 Å². The van der Waals surface area contributed by atoms with Crippen LogP contribution in [0, 0.1) is 5.92 Å². The van der Waals surface area contributed by atoms with Gasteiger partial charge in [-0.15, -0.1) is 0 Å². The van der Waals surface area contributed by atoms with Crippen LogP contribution in [0.5, 0.6) is 0 Å². The van der Waals surface area contributed by atoms with Crippen LogP contribution in [0.4, 0.5) is 18.0 Å². The molecule has 1 N–H and O–H groups in total. The number of rotatable bonds is 3. The van der Waals surface area contributed by atoms with Gasteiger partial charge in [-0.25, -0.2) is 4.79 Å². The molecule has 1 amide bonds. The molecule has 7 heteroatoms. The average Bonchev–Trinajstić information content (AvgIpc) is 2.31. The summed E-state index contributed by atoms with van der Waals surface area (Å²) >= 11 is 0. The van der Waals surface area contributed by atoms with Crippen molar-refractivity contribution in [3.05, 3.63) is 35.4 Å². The van der Waals surface area contributed by atoms with E-state index in [4.69, 9.17) is 5.11 Å². The van der Waals surface area contributed by atoms with Crippen LogP contribution in [0.15, 0.2) is 24.3 Å². The number of benzene rings is 1. The average molecular weight is 287 g/mol. The molecule has 1 aromatic carbocycles. The molecule has 20 heavy (non-hydrogen) atoms. The summed E-state index contributed by atoms with van der Waals surface area (Å²) in [6.07, 6.45) is -5.30. The van der Waals surface area contributed by atoms with Gasteiger partial charge in [-0.1, -0.05) is 12.1 Å². The molecule has 0 atom stereocenters. The first-order chi connectivity index (χ1) is 9.27. The first kappa shape index (κ1) is 14.4. The Hall–Kier alpha value is -2.05. The fourth-order valence-corrected chi connectivity index (χ4v) is 2.08. The van der Waals surface area contributed by atoms with Gasteiger partial charge in [-0.3, -0.25) is 4.79 Å². The molecule has 0 unspecified atom stereocenters. The van der Waals surface area contributed by atoms with Crippen molar-refractivity contribution >= 4 is 11.9 Å². The van der Waals surface area contributed by atoms with Crippen LogP contribution in [0.2, 0.25) is 0 Å². The van der Waals surface area contributed by atoms with E-state index < -0.39 is 17.8 Å². The summed E-state index contributed by atoms with van der Waals surface area (Å²) in [4.78, 5) is 23.6. The third kappa shape index (κ3) is 3.09. The summed E-state index contributed by atoms with van der Waals surface area (Å²) in [5.41, 5.74) is -0.582. The summed E-state index contributed by atoms with van der Waals surface area (Å²) in [6.45, 7) is 0.587. The van der Waals surface area contributed by atoms with Crippen molar-refractivity contribution in [3.63, 3.8) is 0 Å². The van der Waals surface area contributed by atoms with Crippen molar-refractivity contribution in [2.75, 3.05) is 13.1 Å². The first-order valence-electron chi connectivity index (χ1n) is 5.95. The van der Waals surface area contributed by atoms with Crippen LogP contribution in [-0.2, 0) is 6.18 Å². The Morgan fingerprint density at radius 1 is 1.20 bits per heavy atom. The number of carboxylic acid groups (broad SMARTS) is 1. The monoisotopic (exact) mass is 287 g/mol. The van der Waals surface area contributed by atoms with Gasteiger partial charge in [0.1, 0.15) is 0 Å². The second-order valence-corrected chi connectivity index (χ2v) is 4.76. The van der Waals surface area contributed by atoms with Gasteiger partial charge in [0.05, 0.1) is 5.56 Å². The van der Waals surface area contributed by atoms with Crippen molar-refractivity contribution in [2.24, 2.45) is 5.92 Å². The highest BCUT2D eigenvalue weighted by Gasteiger charge is 2.33. The van der Waals surface area contributed by atoms with Gasteiger partial charge < -0.3 is 10.0 Å². The van der Waals surface area contributed by atoms with E-state index in [1.165, 1.54) is 4.90 Å². The molecule has 1 aromatic rings. The van der Waals surface area contributed by atoms with Gasteiger partial charge in [-0.2, -0.15) is 13.2 Å². The number of halogens is 3. The molecule has 0 aliphatic carbocycles. The largest absolute Gasteiger partial charge is 0.465 e. The molecule has 1 aliphatic heterocycles. The second kappa shape index (κ2) is 5.15. The molecule has 0 spiro atoms. The summed E-state index contributed by atoms with van der Waals surface area (Å²) in [6, 6.07) is 4.05. The molecule has 4 nitrogen and oxygen atoms in total. The molecule has 2 rings (SSSR count). The Kier molecular flexibility index (Phi) is 3.69. The summed E-state index contributed by atoms with van der Waals surface area (Å²) in [5.74, 6) is -0.324. The fourth-order valence-electron chi connectivity index (χ4n) is 2.08. The minimum absolute atomic E-state index is 0.0547. The third-order valence-electron chi connectivity index (χ3n) is 3.24. The van der Waals surface area contributed by atoms with E-state index >= 15 is 0 Å². The molecule has 0 radical (unpaired) electrons. The number of ketones is 1. The minimum atomic E-state index is -4.42. The van der Waals surface area contributed by atoms with Crippen molar-refractivity contribution in [3.8, 4) is 0 Å². The van der Waals surface area contributed by atoms with Gasteiger partial charge in [0.2, 0.25) is 0 Å². The van der Waals surface area contributed by atoms with Crippen molar-refractivity contribution < 1.29 is 27.9 Å². The van der Waals surface area contributed by atoms with E-state index in [1.807, 2.05) is 0 Å². The maximum atomic E-state index is 12.4. The Morgan fingerprint density at radius 3 is 2.20 bits per heavy atom. The number of alkyl halides is 3. The minimum Gasteiger partial charge on any atom is -0.465 e. The van der Waals surface area contributed by atoms with E-state index in [0.717, 1.165) is 24.3 Å². The zero-order valence-electron chi connectivity index (χ0n) is 10.4. The lowest BCUT2D eigenvalue weighted by Gasteiger charge is -2.36. The molecular weight excluding hydrogens is 275 g/mol. The van der Waals surface area contributed by atoms with E-state index in [9.17, 15) is 22.8 Å². The lowest BCUT2D eigenvalue weighted by atomic mass is 9.92. The van der Waals surface area contributed by atoms with E-state index in [0.29, 0.717) is 13.1 Å². The summed E-state index contributed by atoms with van der Waals surface area (Å²) in [5, 5.41) is 8.64. The normalized spacial score (nSPS) is 15.8. The number of hydrogen-bond acceptors (Lipinski definition) is 2. The molecule has 1 saturated heterocycles. The molecule has 1 aliphatic rings. The maximum absolute atomic E-state index is 12.4. The quantitative estimate of drug-likeness (QED) is 0.870. The summed E-state index contributed by atoms with van der Waals surface area (Å²) in [7, 11) is 0. The van der Waals surface area contributed by atoms with Gasteiger partial charge >= 0.3 is 12.3 Å². The molecular formula is C13H12F3NO3. The van der Waals surface area contributed by atoms with Crippen molar-refractivity contribution in [1.29, 1.82) is 0 Å². The van der Waals surface area contributed by atoms with Crippen LogP contribution in [0.25, 0.3) is 0 Å². The zero-order valence-corrected chi connectivity index (χ0v) is 10.4. The highest BCUT2D eigenvalue weighted by molar-refractivity contribution is 5.96. The fraction of sp³-hybridized carbons (Fsp3) is 0.385. The number of carbonyl (C=O) groups is 2. The number of Topliss-reactive ketones (excluding diaryl/α,β-unsaturated/α-hetero) is 1. The molecule has 1 heterocycles. The number of nitrogens with zero attached hydrogens (tertiary/aromatic N) is 1. The summed E-state index contributed by atoms with van der Waals surface area (Å²) < 4.78 is 37.1. The van der Waals surface area contributed by atoms with E-state index in [2.05, 4.69) is 0 Å². The van der Waals surface area contributed by atoms with E-state index in [-0.39, 0.29) is 23.7 Å². The van der Waals surface area contributed by atoms with Crippen LogP contribution in [0.1, 0.15) is 22.3 Å². The number of amides is 1. The highest BCUT2D eigenvalue weighted by Crippen LogP contribution is 2.29. The van der Waals surface area contributed by atoms with Gasteiger partial charge in [0.25, 0.3) is 0 Å². The Balaban J connectivity index is 1.92. The third-order valence-corrected chi connectivity index (χ3v) is 3.24. The number of hydrogen-bond donors (Lipinski definition) is 1. The topological polar surface area (TPSA) is 57.6 Å².